The number of aryl methyl sites for hydroxylation is 1. The Kier molecular flexibility index (Phi) is 18.2. The summed E-state index contributed by atoms with van der Waals surface area (Å²) in [5, 5.41) is 25.6. The number of thiocarbonyl (C=S) groups is 1. The largest absolute Gasteiger partial charge is 0.494 e. The van der Waals surface area contributed by atoms with Crippen molar-refractivity contribution in [2.45, 2.75) is 117 Å². The monoisotopic (exact) mass is 1030 g/mol. The number of carbonyl (C=O) groups is 4. The van der Waals surface area contributed by atoms with Crippen LogP contribution in [-0.4, -0.2) is 107 Å². The Morgan fingerprint density at radius 3 is 2.17 bits per heavy atom. The number of anilines is 2. The zero-order valence-corrected chi connectivity index (χ0v) is 43.1. The van der Waals surface area contributed by atoms with E-state index in [-0.39, 0.29) is 42.3 Å². The van der Waals surface area contributed by atoms with E-state index in [1.807, 2.05) is 58.9 Å². The maximum Gasteiger partial charge on any atom is 0.417 e. The predicted molar refractivity (Wildman–Crippen MR) is 271 cm³/mol. The number of nitrogens with one attached hydrogen (secondary N) is 2. The van der Waals surface area contributed by atoms with Crippen molar-refractivity contribution in [2.75, 3.05) is 49.4 Å². The smallest absolute Gasteiger partial charge is 0.417 e. The molecule has 3 N–H and O–H groups in total. The molecule has 386 valence electrons. The number of aliphatic hydroxyl groups excluding tert-OH is 1. The second kappa shape index (κ2) is 23.7. The van der Waals surface area contributed by atoms with Crippen LogP contribution in [0.3, 0.4) is 0 Å². The highest BCUT2D eigenvalue weighted by Gasteiger charge is 2.51. The maximum atomic E-state index is 14.0. The molecule has 72 heavy (non-hydrogen) atoms. The van der Waals surface area contributed by atoms with Gasteiger partial charge >= 0.3 is 6.18 Å². The van der Waals surface area contributed by atoms with Gasteiger partial charge in [0, 0.05) is 38.5 Å². The molecule has 1 aromatic heterocycles. The van der Waals surface area contributed by atoms with Crippen molar-refractivity contribution >= 4 is 63.7 Å². The fraction of sp³-hybridized carbons (Fsp3) is 0.481. The molecule has 2 aliphatic rings. The number of ether oxygens (including phenoxy) is 3. The van der Waals surface area contributed by atoms with Crippen LogP contribution in [-0.2, 0) is 34.8 Å². The topological polar surface area (TPSA) is 187 Å². The molecular weight excluding hydrogens is 972 g/mol. The van der Waals surface area contributed by atoms with E-state index >= 15 is 0 Å². The standard InChI is InChI=1S/C52H62F3N7O8S2/c1-32(34-12-14-35(15-13-34)44-33(2)57-31-72-44)58-46(65)42-27-39(63)29-60(42)47(66)45(50(3,4)5)59-43(64)30-69-24-9-8-22-68-23-10-11-25-70-40-20-18-37(19-21-40)62-49(71)61(48(67)51(62,6)7)38-17-16-36(28-56)41(26-38)52(53,54)55/h12-21,26,31-32,39,42,45,63H,8-11,22-25,27,29-30H2,1-7H3,(H,58,65)(H,59,64)/t32-,39+,42-,45?/m0/s1. The minimum absolute atomic E-state index is 0.00163. The number of hydrogen-bond acceptors (Lipinski definition) is 12. The van der Waals surface area contributed by atoms with Crippen LogP contribution in [0, 0.1) is 23.7 Å². The first kappa shape index (κ1) is 55.3. The van der Waals surface area contributed by atoms with Crippen molar-refractivity contribution in [1.29, 1.82) is 5.26 Å². The first-order valence-corrected chi connectivity index (χ1v) is 25.1. The molecule has 6 rings (SSSR count). The molecule has 2 fully saturated rings. The molecule has 0 spiro atoms. The third-order valence-electron chi connectivity index (χ3n) is 12.5. The summed E-state index contributed by atoms with van der Waals surface area (Å²) in [6.45, 7) is 14.0. The van der Waals surface area contributed by atoms with Gasteiger partial charge < -0.3 is 39.8 Å². The number of aliphatic hydroxyl groups is 1. The number of β-amino-alcohol motifs (C(OH)–C–C–N with tert-alkyl or cyclic N) is 1. The Hall–Kier alpha value is -5.98. The van der Waals surface area contributed by atoms with Crippen molar-refractivity contribution in [2.24, 2.45) is 5.41 Å². The van der Waals surface area contributed by atoms with Gasteiger partial charge in [-0.3, -0.25) is 24.1 Å². The zero-order chi connectivity index (χ0) is 52.5. The summed E-state index contributed by atoms with van der Waals surface area (Å²) in [4.78, 5) is 63.6. The molecule has 0 radical (unpaired) electrons. The highest BCUT2D eigenvalue weighted by Crippen LogP contribution is 2.40. The number of alkyl halides is 3. The van der Waals surface area contributed by atoms with Crippen molar-refractivity contribution in [3.05, 3.63) is 94.6 Å². The Morgan fingerprint density at radius 1 is 0.944 bits per heavy atom. The molecule has 2 aliphatic heterocycles. The van der Waals surface area contributed by atoms with Gasteiger partial charge in [0.25, 0.3) is 5.91 Å². The number of hydrogen-bond donors (Lipinski definition) is 3. The van der Waals surface area contributed by atoms with Gasteiger partial charge in [-0.2, -0.15) is 18.4 Å². The van der Waals surface area contributed by atoms with Gasteiger partial charge in [0.2, 0.25) is 17.7 Å². The summed E-state index contributed by atoms with van der Waals surface area (Å²) in [6, 6.07) is 17.1. The summed E-state index contributed by atoms with van der Waals surface area (Å²) < 4.78 is 58.4. The van der Waals surface area contributed by atoms with Crippen LogP contribution >= 0.6 is 23.6 Å². The summed E-state index contributed by atoms with van der Waals surface area (Å²) in [5.41, 5.74) is 1.49. The second-order valence-corrected chi connectivity index (χ2v) is 20.7. The summed E-state index contributed by atoms with van der Waals surface area (Å²) in [6.07, 6.45) is -2.81. The Morgan fingerprint density at radius 2 is 1.57 bits per heavy atom. The minimum Gasteiger partial charge on any atom is -0.494 e. The van der Waals surface area contributed by atoms with Gasteiger partial charge in [0.05, 0.1) is 57.7 Å². The summed E-state index contributed by atoms with van der Waals surface area (Å²) >= 11 is 7.19. The minimum atomic E-state index is -4.80. The fourth-order valence-corrected chi connectivity index (χ4v) is 9.87. The molecule has 20 heteroatoms. The van der Waals surface area contributed by atoms with Gasteiger partial charge in [-0.15, -0.1) is 11.3 Å². The van der Waals surface area contributed by atoms with E-state index < -0.39 is 64.2 Å². The first-order chi connectivity index (χ1) is 34.0. The average molecular weight is 1030 g/mol. The lowest BCUT2D eigenvalue weighted by Gasteiger charge is -2.35. The SMILES string of the molecule is Cc1ncsc1-c1ccc([C@H](C)NC(=O)[C@@H]2C[C@@H](O)CN2C(=O)C(NC(=O)COCCCCOCCCCOc2ccc(N3C(=S)N(c4ccc(C#N)c(C(F)(F)F)c4)C(=O)C3(C)C)cc2)C(C)(C)C)cc1. The van der Waals surface area contributed by atoms with Crippen LogP contribution < -0.4 is 25.2 Å². The molecule has 4 amide bonds. The number of thiazole rings is 1. The quantitative estimate of drug-likeness (QED) is 0.0537. The molecule has 4 atom stereocenters. The van der Waals surface area contributed by atoms with E-state index in [0.717, 1.165) is 45.2 Å². The number of aromatic nitrogens is 1. The lowest BCUT2D eigenvalue weighted by atomic mass is 9.85. The predicted octanol–water partition coefficient (Wildman–Crippen LogP) is 8.27. The normalized spacial score (nSPS) is 17.7. The molecule has 4 aromatic rings. The molecular formula is C52H62F3N7O8S2. The highest BCUT2D eigenvalue weighted by molar-refractivity contribution is 7.81. The molecule has 0 bridgehead atoms. The number of amides is 4. The van der Waals surface area contributed by atoms with Crippen LogP contribution in [0.2, 0.25) is 0 Å². The Labute approximate surface area is 427 Å². The third kappa shape index (κ3) is 13.3. The number of nitrogens with zero attached hydrogens (tertiary/aromatic N) is 5. The van der Waals surface area contributed by atoms with E-state index in [4.69, 9.17) is 26.4 Å². The van der Waals surface area contributed by atoms with E-state index in [2.05, 4.69) is 15.6 Å². The molecule has 3 aromatic carbocycles. The van der Waals surface area contributed by atoms with Gasteiger partial charge in [-0.25, -0.2) is 4.98 Å². The zero-order valence-electron chi connectivity index (χ0n) is 41.5. The van der Waals surface area contributed by atoms with Gasteiger partial charge in [0.1, 0.15) is 30.0 Å². The second-order valence-electron chi connectivity index (χ2n) is 19.5. The van der Waals surface area contributed by atoms with E-state index in [1.54, 1.807) is 65.9 Å². The Bertz CT molecular complexity index is 2610. The van der Waals surface area contributed by atoms with Crippen LogP contribution in [0.1, 0.15) is 102 Å². The number of nitriles is 1. The number of rotatable bonds is 21. The van der Waals surface area contributed by atoms with E-state index in [9.17, 15) is 42.7 Å². The average Bonchev–Trinajstić information content (AvgIpc) is 4.00. The lowest BCUT2D eigenvalue weighted by Crippen LogP contribution is -2.58. The maximum absolute atomic E-state index is 14.0. The van der Waals surface area contributed by atoms with Gasteiger partial charge in [-0.1, -0.05) is 45.0 Å². The number of carbonyl (C=O) groups excluding carboxylic acids is 4. The van der Waals surface area contributed by atoms with Crippen LogP contribution in [0.5, 0.6) is 5.75 Å². The van der Waals surface area contributed by atoms with Crippen LogP contribution in [0.15, 0.2) is 72.2 Å². The number of likely N-dealkylation sites (tertiary alicyclic amines) is 1. The van der Waals surface area contributed by atoms with E-state index in [1.165, 1.54) is 11.0 Å². The molecule has 1 unspecified atom stereocenters. The highest BCUT2D eigenvalue weighted by atomic mass is 32.1. The summed E-state index contributed by atoms with van der Waals surface area (Å²) in [5.74, 6) is -1.25. The summed E-state index contributed by atoms with van der Waals surface area (Å²) in [7, 11) is 0. The fourth-order valence-electron chi connectivity index (χ4n) is 8.54. The number of unbranched alkanes of at least 4 members (excludes halogenated alkanes) is 2. The van der Waals surface area contributed by atoms with Crippen molar-refractivity contribution < 1.29 is 51.7 Å². The van der Waals surface area contributed by atoms with Gasteiger partial charge in [-0.05, 0) is 125 Å². The molecule has 2 saturated heterocycles. The molecule has 15 nitrogen and oxygen atoms in total. The van der Waals surface area contributed by atoms with E-state index in [0.29, 0.717) is 57.1 Å². The molecule has 0 aliphatic carbocycles. The molecule has 3 heterocycles. The van der Waals surface area contributed by atoms with Gasteiger partial charge in [0.15, 0.2) is 5.11 Å². The van der Waals surface area contributed by atoms with Crippen molar-refractivity contribution in [3.63, 3.8) is 0 Å². The van der Waals surface area contributed by atoms with Crippen LogP contribution in [0.25, 0.3) is 10.4 Å². The van der Waals surface area contributed by atoms with Crippen molar-refractivity contribution in [1.82, 2.24) is 20.5 Å². The van der Waals surface area contributed by atoms with Crippen molar-refractivity contribution in [3.8, 4) is 22.3 Å². The first-order valence-electron chi connectivity index (χ1n) is 23.8. The Balaban J connectivity index is 0.859. The number of benzene rings is 3. The lowest BCUT2D eigenvalue weighted by molar-refractivity contribution is -0.144. The number of halogens is 3. The third-order valence-corrected chi connectivity index (χ3v) is 13.9. The molecule has 0 saturated carbocycles. The van der Waals surface area contributed by atoms with Crippen LogP contribution in [0.4, 0.5) is 24.5 Å².